The molecule has 0 spiro atoms. The minimum absolute atomic E-state index is 0.0218. The van der Waals surface area contributed by atoms with Crippen molar-refractivity contribution in [3.63, 3.8) is 0 Å². The van der Waals surface area contributed by atoms with Crippen molar-refractivity contribution in [2.45, 2.75) is 38.8 Å². The lowest BCUT2D eigenvalue weighted by Crippen LogP contribution is -2.59. The molecule has 0 saturated heterocycles. The van der Waals surface area contributed by atoms with Gasteiger partial charge in [0.25, 0.3) is 5.91 Å². The highest BCUT2D eigenvalue weighted by Gasteiger charge is 2.64. The number of nitrogens with zero attached hydrogens (tertiary/aromatic N) is 1. The summed E-state index contributed by atoms with van der Waals surface area (Å²) < 4.78 is 79.9. The van der Waals surface area contributed by atoms with E-state index in [2.05, 4.69) is 0 Å². The number of carbonyl (C=O) groups is 2. The van der Waals surface area contributed by atoms with Crippen molar-refractivity contribution >= 4 is 11.8 Å². The summed E-state index contributed by atoms with van der Waals surface area (Å²) >= 11 is 0. The highest BCUT2D eigenvalue weighted by atomic mass is 19.4. The zero-order valence-corrected chi connectivity index (χ0v) is 13.1. The van der Waals surface area contributed by atoms with Crippen molar-refractivity contribution < 1.29 is 35.9 Å². The van der Waals surface area contributed by atoms with E-state index in [1.807, 2.05) is 0 Å². The van der Waals surface area contributed by atoms with E-state index in [1.165, 1.54) is 0 Å². The Balaban J connectivity index is 2.51. The van der Waals surface area contributed by atoms with Gasteiger partial charge in [0, 0.05) is 17.7 Å². The molecule has 1 heterocycles. The summed E-state index contributed by atoms with van der Waals surface area (Å²) in [6, 6.07) is 0.270. The van der Waals surface area contributed by atoms with Crippen LogP contribution in [0.2, 0.25) is 0 Å². The van der Waals surface area contributed by atoms with Crippen molar-refractivity contribution in [1.29, 1.82) is 0 Å². The van der Waals surface area contributed by atoms with Crippen LogP contribution in [0.3, 0.4) is 0 Å². The smallest absolute Gasteiger partial charge is 0.366 e. The molecule has 1 aromatic rings. The van der Waals surface area contributed by atoms with Crippen LogP contribution in [0.25, 0.3) is 0 Å². The lowest BCUT2D eigenvalue weighted by Gasteiger charge is -2.41. The van der Waals surface area contributed by atoms with Crippen molar-refractivity contribution in [2.24, 2.45) is 11.1 Å². The maximum Gasteiger partial charge on any atom is 0.409 e. The van der Waals surface area contributed by atoms with E-state index in [4.69, 9.17) is 5.73 Å². The Morgan fingerprint density at radius 3 is 2.16 bits per heavy atom. The van der Waals surface area contributed by atoms with E-state index < -0.39 is 42.2 Å². The summed E-state index contributed by atoms with van der Waals surface area (Å²) in [6.45, 7) is 0.103. The fourth-order valence-corrected chi connectivity index (χ4v) is 2.84. The first-order valence-corrected chi connectivity index (χ1v) is 7.05. The quantitative estimate of drug-likeness (QED) is 0.833. The molecule has 1 aliphatic rings. The Labute approximate surface area is 138 Å². The minimum Gasteiger partial charge on any atom is -0.366 e. The molecule has 0 aromatic heterocycles. The van der Waals surface area contributed by atoms with Crippen LogP contribution >= 0.6 is 0 Å². The molecule has 138 valence electrons. The number of halogens is 6. The zero-order valence-electron chi connectivity index (χ0n) is 13.1. The van der Waals surface area contributed by atoms with Crippen LogP contribution in [-0.2, 0) is 6.54 Å². The molecular formula is C15H14F6N2O2. The van der Waals surface area contributed by atoms with Gasteiger partial charge < -0.3 is 10.6 Å². The van der Waals surface area contributed by atoms with Gasteiger partial charge >= 0.3 is 12.4 Å². The standard InChI is InChI=1S/C15H14F6N2O2/c1-13(2,15(19,20)21)12(14(16,17)18)23-6-8-5-7(10(22)24)3-4-9(8)11(23)25/h3-5,12H,6H2,1-2H3,(H2,22,24)/t12-/m1/s1. The molecule has 0 unspecified atom stereocenters. The second kappa shape index (κ2) is 5.63. The molecule has 10 heteroatoms. The molecule has 0 saturated carbocycles. The van der Waals surface area contributed by atoms with Crippen molar-refractivity contribution in [3.8, 4) is 0 Å². The van der Waals surface area contributed by atoms with Gasteiger partial charge in [0.05, 0.1) is 5.41 Å². The van der Waals surface area contributed by atoms with Crippen LogP contribution in [0.4, 0.5) is 26.3 Å². The van der Waals surface area contributed by atoms with Gasteiger partial charge in [0.15, 0.2) is 0 Å². The zero-order chi connectivity index (χ0) is 19.4. The summed E-state index contributed by atoms with van der Waals surface area (Å²) in [5, 5.41) is 0. The van der Waals surface area contributed by atoms with Crippen LogP contribution in [0.1, 0.15) is 40.1 Å². The fourth-order valence-electron chi connectivity index (χ4n) is 2.84. The number of rotatable bonds is 3. The van der Waals surface area contributed by atoms with E-state index >= 15 is 0 Å². The summed E-state index contributed by atoms with van der Waals surface area (Å²) in [4.78, 5) is 23.6. The number of hydrogen-bond acceptors (Lipinski definition) is 2. The SMILES string of the molecule is CC(C)([C@@H](N1Cc2cc(C(N)=O)ccc2C1=O)C(F)(F)F)C(F)(F)F. The van der Waals surface area contributed by atoms with Gasteiger partial charge in [0.2, 0.25) is 5.91 Å². The topological polar surface area (TPSA) is 63.4 Å². The lowest BCUT2D eigenvalue weighted by molar-refractivity contribution is -0.284. The number of fused-ring (bicyclic) bond motifs is 1. The van der Waals surface area contributed by atoms with Crippen LogP contribution < -0.4 is 5.73 Å². The first kappa shape index (κ1) is 19.1. The van der Waals surface area contributed by atoms with Gasteiger partial charge in [-0.15, -0.1) is 0 Å². The molecule has 0 bridgehead atoms. The van der Waals surface area contributed by atoms with E-state index in [9.17, 15) is 35.9 Å². The predicted octanol–water partition coefficient (Wildman–Crippen LogP) is 3.26. The Hall–Kier alpha value is -2.26. The van der Waals surface area contributed by atoms with Gasteiger partial charge in [0.1, 0.15) is 6.04 Å². The molecule has 0 fully saturated rings. The molecule has 1 aliphatic heterocycles. The second-order valence-corrected chi connectivity index (χ2v) is 6.33. The van der Waals surface area contributed by atoms with Gasteiger partial charge in [-0.3, -0.25) is 9.59 Å². The fraction of sp³-hybridized carbons (Fsp3) is 0.467. The highest BCUT2D eigenvalue weighted by Crippen LogP contribution is 2.49. The highest BCUT2D eigenvalue weighted by molar-refractivity contribution is 6.01. The number of primary amides is 1. The molecule has 4 nitrogen and oxygen atoms in total. The van der Waals surface area contributed by atoms with Crippen LogP contribution in [-0.4, -0.2) is 35.1 Å². The summed E-state index contributed by atoms with van der Waals surface area (Å²) in [6.07, 6.45) is -10.5. The first-order chi connectivity index (χ1) is 11.2. The van der Waals surface area contributed by atoms with Crippen LogP contribution in [0, 0.1) is 5.41 Å². The Bertz CT molecular complexity index is 724. The molecule has 2 rings (SSSR count). The van der Waals surface area contributed by atoms with E-state index in [-0.39, 0.29) is 21.6 Å². The van der Waals surface area contributed by atoms with E-state index in [0.717, 1.165) is 18.2 Å². The molecule has 2 amide bonds. The molecule has 1 atom stereocenters. The summed E-state index contributed by atoms with van der Waals surface area (Å²) in [5.41, 5.74) is 1.63. The van der Waals surface area contributed by atoms with Crippen LogP contribution in [0.15, 0.2) is 18.2 Å². The third-order valence-corrected chi connectivity index (χ3v) is 4.26. The van der Waals surface area contributed by atoms with E-state index in [1.54, 1.807) is 0 Å². The predicted molar refractivity (Wildman–Crippen MR) is 74.5 cm³/mol. The van der Waals surface area contributed by atoms with Gasteiger partial charge in [-0.1, -0.05) is 0 Å². The summed E-state index contributed by atoms with van der Waals surface area (Å²) in [7, 11) is 0. The lowest BCUT2D eigenvalue weighted by atomic mass is 9.82. The van der Waals surface area contributed by atoms with E-state index in [0.29, 0.717) is 13.8 Å². The largest absolute Gasteiger partial charge is 0.409 e. The number of carbonyl (C=O) groups excluding carboxylic acids is 2. The Kier molecular flexibility index (Phi) is 4.30. The number of amides is 2. The normalized spacial score (nSPS) is 16.8. The Morgan fingerprint density at radius 2 is 1.72 bits per heavy atom. The Morgan fingerprint density at radius 1 is 1.16 bits per heavy atom. The number of hydrogen-bond donors (Lipinski definition) is 1. The number of benzene rings is 1. The minimum atomic E-state index is -5.30. The number of alkyl halides is 6. The maximum absolute atomic E-state index is 13.4. The molecule has 1 aromatic carbocycles. The third kappa shape index (κ3) is 3.16. The van der Waals surface area contributed by atoms with Gasteiger partial charge in [-0.25, -0.2) is 0 Å². The maximum atomic E-state index is 13.4. The molecule has 0 aliphatic carbocycles. The van der Waals surface area contributed by atoms with Crippen molar-refractivity contribution in [2.75, 3.05) is 0 Å². The monoisotopic (exact) mass is 368 g/mol. The molecular weight excluding hydrogens is 354 g/mol. The van der Waals surface area contributed by atoms with Gasteiger partial charge in [-0.05, 0) is 37.6 Å². The van der Waals surface area contributed by atoms with Crippen molar-refractivity contribution in [1.82, 2.24) is 4.90 Å². The van der Waals surface area contributed by atoms with Crippen molar-refractivity contribution in [3.05, 3.63) is 34.9 Å². The molecule has 2 N–H and O–H groups in total. The average Bonchev–Trinajstić information content (AvgIpc) is 2.72. The molecule has 0 radical (unpaired) electrons. The second-order valence-electron chi connectivity index (χ2n) is 6.33. The number of nitrogens with two attached hydrogens (primary N) is 1. The first-order valence-electron chi connectivity index (χ1n) is 7.05. The summed E-state index contributed by atoms with van der Waals surface area (Å²) in [5.74, 6) is -2.04. The van der Waals surface area contributed by atoms with Gasteiger partial charge in [-0.2, -0.15) is 26.3 Å². The third-order valence-electron chi connectivity index (χ3n) is 4.26. The van der Waals surface area contributed by atoms with Crippen LogP contribution in [0.5, 0.6) is 0 Å². The molecule has 25 heavy (non-hydrogen) atoms. The average molecular weight is 368 g/mol.